The molecular formula is C21H15N5OS. The fourth-order valence-electron chi connectivity index (χ4n) is 3.29. The summed E-state index contributed by atoms with van der Waals surface area (Å²) in [5.74, 6) is 0. The van der Waals surface area contributed by atoms with Crippen LogP contribution in [0, 0.1) is 0 Å². The number of nitrogens with one attached hydrogen (secondary N) is 2. The molecule has 1 amide bonds. The number of para-hydroxylation sites is 3. The summed E-state index contributed by atoms with van der Waals surface area (Å²) in [6, 6.07) is 23.8. The van der Waals surface area contributed by atoms with Crippen LogP contribution < -0.4 is 15.5 Å². The first-order valence-corrected chi connectivity index (χ1v) is 9.55. The van der Waals surface area contributed by atoms with Gasteiger partial charge in [-0.05, 0) is 24.3 Å². The fraction of sp³-hybridized carbons (Fsp3) is 0. The van der Waals surface area contributed by atoms with Gasteiger partial charge in [0.15, 0.2) is 0 Å². The van der Waals surface area contributed by atoms with Crippen molar-refractivity contribution in [2.45, 2.75) is 0 Å². The second-order valence-electron chi connectivity index (χ2n) is 6.20. The van der Waals surface area contributed by atoms with E-state index in [1.165, 1.54) is 11.3 Å². The van der Waals surface area contributed by atoms with Crippen molar-refractivity contribution in [1.29, 1.82) is 0 Å². The highest BCUT2D eigenvalue weighted by atomic mass is 32.1. The van der Waals surface area contributed by atoms with Crippen LogP contribution in [0.5, 0.6) is 0 Å². The summed E-state index contributed by atoms with van der Waals surface area (Å²) >= 11 is 1.52. The maximum absolute atomic E-state index is 11.0. The number of carbonyl (C=O) groups is 1. The molecule has 5 rings (SSSR count). The highest BCUT2D eigenvalue weighted by Crippen LogP contribution is 2.51. The maximum Gasteiger partial charge on any atom is 0.217 e. The number of aromatic nitrogens is 2. The van der Waals surface area contributed by atoms with Crippen LogP contribution in [0.4, 0.5) is 33.6 Å². The largest absolute Gasteiger partial charge is 0.350 e. The van der Waals surface area contributed by atoms with Crippen molar-refractivity contribution in [1.82, 2.24) is 10.2 Å². The molecule has 0 atom stereocenters. The first-order valence-electron chi connectivity index (χ1n) is 8.73. The standard InChI is InChI=1S/C21H15N5OS/c27-13-22-16-10-6-12-18-19(16)23-15-9-4-5-11-17(15)26(18)21-25-24-20(28-21)14-7-2-1-3-8-14/h1-13,23H,(H,22,27). The lowest BCUT2D eigenvalue weighted by Crippen LogP contribution is -2.18. The van der Waals surface area contributed by atoms with E-state index in [1.54, 1.807) is 0 Å². The number of fused-ring (bicyclic) bond motifs is 2. The summed E-state index contributed by atoms with van der Waals surface area (Å²) in [5, 5.41) is 16.7. The van der Waals surface area contributed by atoms with Crippen molar-refractivity contribution in [3.05, 3.63) is 72.8 Å². The quantitative estimate of drug-likeness (QED) is 0.411. The molecule has 0 fully saturated rings. The van der Waals surface area contributed by atoms with Gasteiger partial charge in [0.1, 0.15) is 5.01 Å². The molecule has 4 aromatic rings. The molecule has 1 aliphatic heterocycles. The van der Waals surface area contributed by atoms with Crippen molar-refractivity contribution in [3.8, 4) is 10.6 Å². The van der Waals surface area contributed by atoms with E-state index in [0.29, 0.717) is 12.1 Å². The second kappa shape index (κ2) is 6.79. The van der Waals surface area contributed by atoms with Crippen molar-refractivity contribution in [3.63, 3.8) is 0 Å². The molecule has 7 heteroatoms. The number of hydrogen-bond donors (Lipinski definition) is 2. The first kappa shape index (κ1) is 16.5. The zero-order valence-electron chi connectivity index (χ0n) is 14.7. The molecule has 0 unspecified atom stereocenters. The molecule has 2 heterocycles. The van der Waals surface area contributed by atoms with Crippen LogP contribution in [-0.4, -0.2) is 16.6 Å². The Kier molecular flexibility index (Phi) is 3.99. The second-order valence-corrected chi connectivity index (χ2v) is 7.15. The number of carbonyl (C=O) groups excluding carboxylic acids is 1. The minimum absolute atomic E-state index is 0.681. The van der Waals surface area contributed by atoms with Crippen molar-refractivity contribution in [2.24, 2.45) is 0 Å². The van der Waals surface area contributed by atoms with E-state index in [1.807, 2.05) is 72.8 Å². The first-order chi connectivity index (χ1) is 13.8. The van der Waals surface area contributed by atoms with Crippen LogP contribution in [0.1, 0.15) is 0 Å². The lowest BCUT2D eigenvalue weighted by Gasteiger charge is -2.32. The molecule has 0 bridgehead atoms. The summed E-state index contributed by atoms with van der Waals surface area (Å²) in [7, 11) is 0. The third-order valence-electron chi connectivity index (χ3n) is 4.53. The Bertz CT molecular complexity index is 1160. The molecule has 136 valence electrons. The van der Waals surface area contributed by atoms with Gasteiger partial charge in [0.05, 0.1) is 28.4 Å². The Hall–Kier alpha value is -3.71. The molecular weight excluding hydrogens is 370 g/mol. The van der Waals surface area contributed by atoms with Gasteiger partial charge in [-0.1, -0.05) is 59.9 Å². The van der Waals surface area contributed by atoms with E-state index in [4.69, 9.17) is 0 Å². The van der Waals surface area contributed by atoms with Gasteiger partial charge in [-0.3, -0.25) is 9.69 Å². The summed E-state index contributed by atoms with van der Waals surface area (Å²) in [6.07, 6.45) is 0.681. The number of benzene rings is 3. The van der Waals surface area contributed by atoms with Gasteiger partial charge in [0.25, 0.3) is 0 Å². The average molecular weight is 385 g/mol. The van der Waals surface area contributed by atoms with Gasteiger partial charge >= 0.3 is 0 Å². The van der Waals surface area contributed by atoms with Crippen LogP contribution in [0.15, 0.2) is 72.8 Å². The summed E-state index contributed by atoms with van der Waals surface area (Å²) in [4.78, 5) is 13.1. The van der Waals surface area contributed by atoms with Crippen LogP contribution in [-0.2, 0) is 4.79 Å². The molecule has 28 heavy (non-hydrogen) atoms. The van der Waals surface area contributed by atoms with E-state index in [2.05, 4.69) is 25.7 Å². The van der Waals surface area contributed by atoms with Gasteiger partial charge in [0.2, 0.25) is 11.5 Å². The highest BCUT2D eigenvalue weighted by Gasteiger charge is 2.28. The molecule has 0 spiro atoms. The summed E-state index contributed by atoms with van der Waals surface area (Å²) in [5.41, 5.74) is 5.39. The Morgan fingerprint density at radius 1 is 0.893 bits per heavy atom. The van der Waals surface area contributed by atoms with E-state index >= 15 is 0 Å². The SMILES string of the molecule is O=CNc1cccc2c1Nc1ccccc1N2c1nnc(-c2ccccc2)s1. The Labute approximate surface area is 165 Å². The van der Waals surface area contributed by atoms with E-state index in [9.17, 15) is 4.79 Å². The van der Waals surface area contributed by atoms with Gasteiger partial charge in [-0.15, -0.1) is 10.2 Å². The molecule has 1 aromatic heterocycles. The summed E-state index contributed by atoms with van der Waals surface area (Å²) < 4.78 is 0. The zero-order chi connectivity index (χ0) is 18.9. The average Bonchev–Trinajstić information content (AvgIpc) is 3.23. The third-order valence-corrected chi connectivity index (χ3v) is 5.49. The van der Waals surface area contributed by atoms with Gasteiger partial charge in [-0.25, -0.2) is 0 Å². The number of amides is 1. The van der Waals surface area contributed by atoms with Crippen molar-refractivity contribution in [2.75, 3.05) is 15.5 Å². The minimum Gasteiger partial charge on any atom is -0.350 e. The number of anilines is 6. The molecule has 6 nitrogen and oxygen atoms in total. The van der Waals surface area contributed by atoms with Crippen molar-refractivity contribution >= 4 is 51.3 Å². The summed E-state index contributed by atoms with van der Waals surface area (Å²) in [6.45, 7) is 0. The normalized spacial score (nSPS) is 11.9. The van der Waals surface area contributed by atoms with E-state index in [-0.39, 0.29) is 0 Å². The number of rotatable bonds is 4. The lowest BCUT2D eigenvalue weighted by molar-refractivity contribution is -0.105. The number of nitrogens with zero attached hydrogens (tertiary/aromatic N) is 3. The van der Waals surface area contributed by atoms with Crippen molar-refractivity contribution < 1.29 is 4.79 Å². The molecule has 2 N–H and O–H groups in total. The van der Waals surface area contributed by atoms with Crippen LogP contribution >= 0.6 is 11.3 Å². The predicted octanol–water partition coefficient (Wildman–Crippen LogP) is 5.30. The van der Waals surface area contributed by atoms with Gasteiger partial charge in [0, 0.05) is 5.56 Å². The topological polar surface area (TPSA) is 70.2 Å². The monoisotopic (exact) mass is 385 g/mol. The van der Waals surface area contributed by atoms with Crippen LogP contribution in [0.3, 0.4) is 0 Å². The molecule has 0 aliphatic carbocycles. The maximum atomic E-state index is 11.0. The van der Waals surface area contributed by atoms with Crippen LogP contribution in [0.25, 0.3) is 10.6 Å². The molecule has 0 saturated heterocycles. The highest BCUT2D eigenvalue weighted by molar-refractivity contribution is 7.18. The Balaban J connectivity index is 1.67. The van der Waals surface area contributed by atoms with Crippen LogP contribution in [0.2, 0.25) is 0 Å². The van der Waals surface area contributed by atoms with Gasteiger partial charge in [-0.2, -0.15) is 0 Å². The van der Waals surface area contributed by atoms with E-state index < -0.39 is 0 Å². The smallest absolute Gasteiger partial charge is 0.217 e. The minimum atomic E-state index is 0.681. The molecule has 1 aliphatic rings. The molecule has 3 aromatic carbocycles. The van der Waals surface area contributed by atoms with E-state index in [0.717, 1.165) is 38.5 Å². The third kappa shape index (κ3) is 2.69. The zero-order valence-corrected chi connectivity index (χ0v) is 15.5. The fourth-order valence-corrected chi connectivity index (χ4v) is 4.17. The Morgan fingerprint density at radius 3 is 2.54 bits per heavy atom. The predicted molar refractivity (Wildman–Crippen MR) is 113 cm³/mol. The Morgan fingerprint density at radius 2 is 1.68 bits per heavy atom. The molecule has 0 saturated carbocycles. The lowest BCUT2D eigenvalue weighted by atomic mass is 10.1. The van der Waals surface area contributed by atoms with Gasteiger partial charge < -0.3 is 10.6 Å². The molecule has 0 radical (unpaired) electrons. The number of hydrogen-bond acceptors (Lipinski definition) is 6.